The van der Waals surface area contributed by atoms with Crippen LogP contribution in [0.1, 0.15) is 34.1 Å². The molecule has 0 aromatic carbocycles. The highest BCUT2D eigenvalue weighted by Gasteiger charge is 2.30. The Labute approximate surface area is 91.8 Å². The minimum Gasteiger partial charge on any atom is -0.481 e. The predicted octanol–water partition coefficient (Wildman–Crippen LogP) is 2.14. The molecule has 0 fully saturated rings. The van der Waals surface area contributed by atoms with Gasteiger partial charge in [0.05, 0.1) is 5.41 Å². The van der Waals surface area contributed by atoms with Gasteiger partial charge in [0, 0.05) is 19.6 Å². The average molecular weight is 211 g/mol. The summed E-state index contributed by atoms with van der Waals surface area (Å²) < 4.78 is 0. The smallest absolute Gasteiger partial charge is 0.310 e. The lowest BCUT2D eigenvalue weighted by atomic mass is 9.91. The Morgan fingerprint density at radius 3 is 2.47 bits per heavy atom. The summed E-state index contributed by atoms with van der Waals surface area (Å²) in [7, 11) is 0. The van der Waals surface area contributed by atoms with Crippen molar-refractivity contribution in [2.75, 3.05) is 19.6 Å². The van der Waals surface area contributed by atoms with E-state index in [1.807, 2.05) is 0 Å². The number of carbonyl (C=O) groups is 1. The van der Waals surface area contributed by atoms with Crippen molar-refractivity contribution in [3.8, 4) is 0 Å². The molecule has 0 saturated heterocycles. The van der Waals surface area contributed by atoms with E-state index in [0.717, 1.165) is 19.5 Å². The van der Waals surface area contributed by atoms with Crippen molar-refractivity contribution in [1.29, 1.82) is 0 Å². The van der Waals surface area contributed by atoms with Gasteiger partial charge in [-0.05, 0) is 34.1 Å². The standard InChI is InChI=1S/C12H21NO2/c1-9-5-6-13(7-10(9)2)8-12(3,4)11(14)15/h5-8H2,1-4H3,(H,14,15). The van der Waals surface area contributed by atoms with E-state index in [2.05, 4.69) is 18.7 Å². The molecule has 0 atom stereocenters. The van der Waals surface area contributed by atoms with Crippen LogP contribution in [0, 0.1) is 5.41 Å². The van der Waals surface area contributed by atoms with Crippen LogP contribution in [0.25, 0.3) is 0 Å². The van der Waals surface area contributed by atoms with E-state index in [9.17, 15) is 4.79 Å². The monoisotopic (exact) mass is 211 g/mol. The molecule has 1 aliphatic rings. The zero-order valence-corrected chi connectivity index (χ0v) is 10.1. The Kier molecular flexibility index (Phi) is 3.55. The predicted molar refractivity (Wildman–Crippen MR) is 60.8 cm³/mol. The molecule has 0 aromatic rings. The molecule has 0 saturated carbocycles. The molecule has 3 heteroatoms. The van der Waals surface area contributed by atoms with E-state index in [0.29, 0.717) is 6.54 Å². The third kappa shape index (κ3) is 3.06. The summed E-state index contributed by atoms with van der Waals surface area (Å²) in [5, 5.41) is 9.05. The van der Waals surface area contributed by atoms with Crippen LogP contribution < -0.4 is 0 Å². The van der Waals surface area contributed by atoms with Gasteiger partial charge in [0.25, 0.3) is 0 Å². The van der Waals surface area contributed by atoms with Gasteiger partial charge < -0.3 is 5.11 Å². The topological polar surface area (TPSA) is 40.5 Å². The number of carboxylic acids is 1. The van der Waals surface area contributed by atoms with Crippen molar-refractivity contribution >= 4 is 5.97 Å². The van der Waals surface area contributed by atoms with Gasteiger partial charge >= 0.3 is 5.97 Å². The zero-order chi connectivity index (χ0) is 11.6. The normalized spacial score (nSPS) is 19.5. The highest BCUT2D eigenvalue weighted by atomic mass is 16.4. The maximum atomic E-state index is 11.0. The third-order valence-electron chi connectivity index (χ3n) is 3.19. The quantitative estimate of drug-likeness (QED) is 0.727. The molecule has 0 bridgehead atoms. The molecular weight excluding hydrogens is 190 g/mol. The Balaban J connectivity index is 2.59. The summed E-state index contributed by atoms with van der Waals surface area (Å²) in [5.41, 5.74) is 2.20. The molecule has 1 heterocycles. The third-order valence-corrected chi connectivity index (χ3v) is 3.19. The molecule has 0 unspecified atom stereocenters. The van der Waals surface area contributed by atoms with Crippen molar-refractivity contribution in [3.63, 3.8) is 0 Å². The van der Waals surface area contributed by atoms with Crippen molar-refractivity contribution in [2.45, 2.75) is 34.1 Å². The number of aliphatic carboxylic acids is 1. The minimum atomic E-state index is -0.716. The van der Waals surface area contributed by atoms with Crippen LogP contribution in [0.2, 0.25) is 0 Å². The number of rotatable bonds is 3. The summed E-state index contributed by atoms with van der Waals surface area (Å²) in [5.74, 6) is -0.716. The van der Waals surface area contributed by atoms with Crippen molar-refractivity contribution in [2.24, 2.45) is 5.41 Å². The average Bonchev–Trinajstić information content (AvgIpc) is 2.10. The van der Waals surface area contributed by atoms with Crippen LogP contribution in [0.3, 0.4) is 0 Å². The van der Waals surface area contributed by atoms with Crippen LogP contribution in [0.15, 0.2) is 11.1 Å². The summed E-state index contributed by atoms with van der Waals surface area (Å²) in [6.45, 7) is 10.4. The second-order valence-electron chi connectivity index (χ2n) is 5.21. The van der Waals surface area contributed by atoms with E-state index in [4.69, 9.17) is 5.11 Å². The summed E-state index contributed by atoms with van der Waals surface area (Å²) in [4.78, 5) is 13.2. The van der Waals surface area contributed by atoms with Gasteiger partial charge in [0.15, 0.2) is 0 Å². The molecule has 0 radical (unpaired) electrons. The molecule has 0 spiro atoms. The molecule has 0 aliphatic carbocycles. The molecule has 1 N–H and O–H groups in total. The lowest BCUT2D eigenvalue weighted by Gasteiger charge is -2.33. The van der Waals surface area contributed by atoms with Crippen molar-refractivity contribution in [3.05, 3.63) is 11.1 Å². The van der Waals surface area contributed by atoms with Crippen LogP contribution in [0.4, 0.5) is 0 Å². The van der Waals surface area contributed by atoms with E-state index in [-0.39, 0.29) is 0 Å². The molecule has 15 heavy (non-hydrogen) atoms. The van der Waals surface area contributed by atoms with Crippen molar-refractivity contribution < 1.29 is 9.90 Å². The molecule has 1 rings (SSSR count). The highest BCUT2D eigenvalue weighted by Crippen LogP contribution is 2.22. The van der Waals surface area contributed by atoms with Crippen LogP contribution in [-0.2, 0) is 4.79 Å². The number of hydrogen-bond acceptors (Lipinski definition) is 2. The van der Waals surface area contributed by atoms with Gasteiger partial charge in [-0.25, -0.2) is 0 Å². The molecule has 3 nitrogen and oxygen atoms in total. The lowest BCUT2D eigenvalue weighted by Crippen LogP contribution is -2.42. The Morgan fingerprint density at radius 2 is 2.00 bits per heavy atom. The second kappa shape index (κ2) is 4.35. The van der Waals surface area contributed by atoms with Crippen LogP contribution in [0.5, 0.6) is 0 Å². The zero-order valence-electron chi connectivity index (χ0n) is 10.1. The number of carboxylic acid groups (broad SMARTS) is 1. The van der Waals surface area contributed by atoms with Gasteiger partial charge in [-0.15, -0.1) is 0 Å². The fourth-order valence-electron chi connectivity index (χ4n) is 1.85. The molecule has 0 aromatic heterocycles. The van der Waals surface area contributed by atoms with Gasteiger partial charge in [-0.3, -0.25) is 9.69 Å². The summed E-state index contributed by atoms with van der Waals surface area (Å²) in [6, 6.07) is 0. The molecule has 86 valence electrons. The van der Waals surface area contributed by atoms with Gasteiger partial charge in [-0.1, -0.05) is 11.1 Å². The van der Waals surface area contributed by atoms with E-state index >= 15 is 0 Å². The number of hydrogen-bond donors (Lipinski definition) is 1. The SMILES string of the molecule is CC1=C(C)CN(CC(C)(C)C(=O)O)CC1. The van der Waals surface area contributed by atoms with Gasteiger partial charge in [0.2, 0.25) is 0 Å². The van der Waals surface area contributed by atoms with E-state index in [1.54, 1.807) is 13.8 Å². The largest absolute Gasteiger partial charge is 0.481 e. The second-order valence-corrected chi connectivity index (χ2v) is 5.21. The summed E-state index contributed by atoms with van der Waals surface area (Å²) in [6.07, 6.45) is 1.07. The summed E-state index contributed by atoms with van der Waals surface area (Å²) >= 11 is 0. The first-order valence-electron chi connectivity index (χ1n) is 5.44. The maximum absolute atomic E-state index is 11.0. The highest BCUT2D eigenvalue weighted by molar-refractivity contribution is 5.73. The Hall–Kier alpha value is -0.830. The lowest BCUT2D eigenvalue weighted by molar-refractivity contribution is -0.147. The first kappa shape index (κ1) is 12.2. The Bertz CT molecular complexity index is 292. The van der Waals surface area contributed by atoms with Gasteiger partial charge in [-0.2, -0.15) is 0 Å². The van der Waals surface area contributed by atoms with E-state index < -0.39 is 11.4 Å². The van der Waals surface area contributed by atoms with Crippen molar-refractivity contribution in [1.82, 2.24) is 4.90 Å². The van der Waals surface area contributed by atoms with Gasteiger partial charge in [0.1, 0.15) is 0 Å². The Morgan fingerprint density at radius 1 is 1.40 bits per heavy atom. The first-order chi connectivity index (χ1) is 6.83. The fraction of sp³-hybridized carbons (Fsp3) is 0.750. The van der Waals surface area contributed by atoms with E-state index in [1.165, 1.54) is 11.1 Å². The van der Waals surface area contributed by atoms with Crippen LogP contribution in [-0.4, -0.2) is 35.6 Å². The fourth-order valence-corrected chi connectivity index (χ4v) is 1.85. The van der Waals surface area contributed by atoms with Crippen LogP contribution >= 0.6 is 0 Å². The molecule has 0 amide bonds. The maximum Gasteiger partial charge on any atom is 0.310 e. The first-order valence-corrected chi connectivity index (χ1v) is 5.44. The number of nitrogens with zero attached hydrogens (tertiary/aromatic N) is 1. The molecular formula is C12H21NO2. The minimum absolute atomic E-state index is 0.632. The molecule has 1 aliphatic heterocycles.